The Labute approximate surface area is 88.9 Å². The highest BCUT2D eigenvalue weighted by atomic mass is 16.4. The number of aliphatic carboxylic acids is 1. The summed E-state index contributed by atoms with van der Waals surface area (Å²) in [5, 5.41) is 8.63. The van der Waals surface area contributed by atoms with Gasteiger partial charge in [-0.15, -0.1) is 6.42 Å². The Morgan fingerprint density at radius 2 is 2.07 bits per heavy atom. The van der Waals surface area contributed by atoms with E-state index in [0.29, 0.717) is 0 Å². The van der Waals surface area contributed by atoms with Crippen LogP contribution in [0, 0.1) is 12.3 Å². The normalized spacial score (nSPS) is 13.9. The molecule has 0 amide bonds. The van der Waals surface area contributed by atoms with Gasteiger partial charge in [0, 0.05) is 6.04 Å². The van der Waals surface area contributed by atoms with Crippen LogP contribution in [-0.4, -0.2) is 17.1 Å². The van der Waals surface area contributed by atoms with Gasteiger partial charge in [-0.3, -0.25) is 4.79 Å². The summed E-state index contributed by atoms with van der Waals surface area (Å²) in [5.41, 5.74) is 6.62. The van der Waals surface area contributed by atoms with Crippen LogP contribution in [0.3, 0.4) is 0 Å². The molecule has 0 saturated heterocycles. The highest BCUT2D eigenvalue weighted by molar-refractivity contribution is 5.67. The van der Waals surface area contributed by atoms with Gasteiger partial charge in [0.15, 0.2) is 0 Å². The lowest BCUT2D eigenvalue weighted by atomic mass is 9.91. The molecule has 0 aliphatic heterocycles. The number of carboxylic acid groups (broad SMARTS) is 1. The topological polar surface area (TPSA) is 63.3 Å². The molecule has 0 saturated carbocycles. The van der Waals surface area contributed by atoms with Crippen LogP contribution in [0.4, 0.5) is 0 Å². The minimum atomic E-state index is -0.932. The number of rotatable bonds is 4. The number of nitrogens with two attached hydrogens (primary N) is 1. The highest BCUT2D eigenvalue weighted by Crippen LogP contribution is 2.19. The van der Waals surface area contributed by atoms with Gasteiger partial charge in [0.25, 0.3) is 0 Å². The Kier molecular flexibility index (Phi) is 3.90. The fourth-order valence-electron chi connectivity index (χ4n) is 1.45. The zero-order chi connectivity index (χ0) is 11.3. The van der Waals surface area contributed by atoms with Gasteiger partial charge < -0.3 is 10.8 Å². The molecule has 0 aromatic heterocycles. The first-order valence-electron chi connectivity index (χ1n) is 4.63. The number of hydrogen-bond acceptors (Lipinski definition) is 2. The monoisotopic (exact) mass is 203 g/mol. The summed E-state index contributed by atoms with van der Waals surface area (Å²) < 4.78 is 0. The summed E-state index contributed by atoms with van der Waals surface area (Å²) in [6, 6.07) is 8.74. The molecule has 0 fully saturated rings. The van der Waals surface area contributed by atoms with E-state index in [0.717, 1.165) is 5.56 Å². The van der Waals surface area contributed by atoms with Crippen molar-refractivity contribution in [3.8, 4) is 12.3 Å². The lowest BCUT2D eigenvalue weighted by Gasteiger charge is -2.17. The first-order chi connectivity index (χ1) is 7.15. The molecule has 3 N–H and O–H groups in total. The predicted octanol–water partition coefficient (Wildman–Crippen LogP) is 1.21. The number of hydrogen-bond donors (Lipinski definition) is 2. The molecular weight excluding hydrogens is 190 g/mol. The van der Waals surface area contributed by atoms with Crippen LogP contribution in [0.2, 0.25) is 0 Å². The average Bonchev–Trinajstić information content (AvgIpc) is 2.19. The van der Waals surface area contributed by atoms with Crippen molar-refractivity contribution in [1.82, 2.24) is 0 Å². The predicted molar refractivity (Wildman–Crippen MR) is 58.2 cm³/mol. The van der Waals surface area contributed by atoms with Crippen molar-refractivity contribution < 1.29 is 9.90 Å². The third-order valence-electron chi connectivity index (χ3n) is 2.18. The van der Waals surface area contributed by atoms with E-state index in [4.69, 9.17) is 17.3 Å². The molecule has 3 nitrogen and oxygen atoms in total. The Morgan fingerprint density at radius 1 is 1.47 bits per heavy atom. The fourth-order valence-corrected chi connectivity index (χ4v) is 1.45. The number of carbonyl (C=O) groups is 1. The molecule has 1 rings (SSSR count). The van der Waals surface area contributed by atoms with Gasteiger partial charge in [0.05, 0.1) is 12.3 Å². The van der Waals surface area contributed by atoms with E-state index in [1.807, 2.05) is 30.3 Å². The van der Waals surface area contributed by atoms with Crippen molar-refractivity contribution >= 4 is 5.97 Å². The Hall–Kier alpha value is -1.79. The summed E-state index contributed by atoms with van der Waals surface area (Å²) in [5.74, 6) is 1.26. The Morgan fingerprint density at radius 3 is 2.53 bits per heavy atom. The molecule has 0 heterocycles. The van der Waals surface area contributed by atoms with E-state index in [1.165, 1.54) is 0 Å². The van der Waals surface area contributed by atoms with Crippen molar-refractivity contribution in [3.05, 3.63) is 35.9 Å². The molecular formula is C12H13NO2. The van der Waals surface area contributed by atoms with Crippen LogP contribution in [0.5, 0.6) is 0 Å². The molecule has 0 bridgehead atoms. The highest BCUT2D eigenvalue weighted by Gasteiger charge is 2.19. The van der Waals surface area contributed by atoms with Crippen molar-refractivity contribution in [2.75, 3.05) is 0 Å². The smallest absolute Gasteiger partial charge is 0.304 e. The van der Waals surface area contributed by atoms with E-state index in [1.54, 1.807) is 0 Å². The van der Waals surface area contributed by atoms with Gasteiger partial charge in [-0.05, 0) is 5.56 Å². The zero-order valence-corrected chi connectivity index (χ0v) is 8.26. The van der Waals surface area contributed by atoms with Gasteiger partial charge >= 0.3 is 5.97 Å². The third kappa shape index (κ3) is 3.12. The Bertz CT molecular complexity index is 367. The van der Waals surface area contributed by atoms with Crippen LogP contribution in [0.25, 0.3) is 0 Å². The minimum Gasteiger partial charge on any atom is -0.481 e. The second kappa shape index (κ2) is 5.18. The summed E-state index contributed by atoms with van der Waals surface area (Å²) in [7, 11) is 0. The number of benzene rings is 1. The average molecular weight is 203 g/mol. The second-order valence-corrected chi connectivity index (χ2v) is 3.32. The lowest BCUT2D eigenvalue weighted by Crippen LogP contribution is -2.30. The van der Waals surface area contributed by atoms with Gasteiger partial charge in [-0.2, -0.15) is 0 Å². The van der Waals surface area contributed by atoms with Crippen molar-refractivity contribution in [2.24, 2.45) is 5.73 Å². The largest absolute Gasteiger partial charge is 0.481 e. The molecule has 2 atom stereocenters. The maximum atomic E-state index is 10.5. The molecule has 0 aliphatic carbocycles. The molecule has 15 heavy (non-hydrogen) atoms. The van der Waals surface area contributed by atoms with E-state index in [-0.39, 0.29) is 12.3 Å². The molecule has 0 spiro atoms. The van der Waals surface area contributed by atoms with Crippen molar-refractivity contribution in [2.45, 2.75) is 18.4 Å². The minimum absolute atomic E-state index is 0.121. The van der Waals surface area contributed by atoms with Gasteiger partial charge in [0.2, 0.25) is 0 Å². The van der Waals surface area contributed by atoms with E-state index in [9.17, 15) is 4.79 Å². The number of carboxylic acids is 1. The SMILES string of the molecule is C#C[C@H](c1ccccc1)[C@@H](N)CC(=O)O. The van der Waals surface area contributed by atoms with Crippen LogP contribution in [0.1, 0.15) is 17.9 Å². The number of terminal acetylenes is 1. The van der Waals surface area contributed by atoms with Crippen LogP contribution < -0.4 is 5.73 Å². The molecule has 78 valence electrons. The lowest BCUT2D eigenvalue weighted by molar-refractivity contribution is -0.137. The van der Waals surface area contributed by atoms with Gasteiger partial charge in [-0.1, -0.05) is 36.3 Å². The quantitative estimate of drug-likeness (QED) is 0.723. The van der Waals surface area contributed by atoms with Crippen LogP contribution in [0.15, 0.2) is 30.3 Å². The molecule has 0 radical (unpaired) electrons. The van der Waals surface area contributed by atoms with E-state index >= 15 is 0 Å². The van der Waals surface area contributed by atoms with Gasteiger partial charge in [-0.25, -0.2) is 0 Å². The van der Waals surface area contributed by atoms with Crippen molar-refractivity contribution in [3.63, 3.8) is 0 Å². The molecule has 1 aromatic carbocycles. The first-order valence-corrected chi connectivity index (χ1v) is 4.63. The molecule has 1 aromatic rings. The van der Waals surface area contributed by atoms with Crippen LogP contribution >= 0.6 is 0 Å². The van der Waals surface area contributed by atoms with E-state index < -0.39 is 12.0 Å². The summed E-state index contributed by atoms with van der Waals surface area (Å²) in [4.78, 5) is 10.5. The maximum Gasteiger partial charge on any atom is 0.304 e. The molecule has 3 heteroatoms. The second-order valence-electron chi connectivity index (χ2n) is 3.32. The maximum absolute atomic E-state index is 10.5. The van der Waals surface area contributed by atoms with Gasteiger partial charge in [0.1, 0.15) is 0 Å². The zero-order valence-electron chi connectivity index (χ0n) is 8.26. The third-order valence-corrected chi connectivity index (χ3v) is 2.18. The molecule has 0 aliphatic rings. The Balaban J connectivity index is 2.81. The van der Waals surface area contributed by atoms with E-state index in [2.05, 4.69) is 5.92 Å². The summed E-state index contributed by atoms with van der Waals surface area (Å²) in [6.07, 6.45) is 5.24. The fraction of sp³-hybridized carbons (Fsp3) is 0.250. The molecule has 0 unspecified atom stereocenters. The summed E-state index contributed by atoms with van der Waals surface area (Å²) >= 11 is 0. The van der Waals surface area contributed by atoms with Crippen LogP contribution in [-0.2, 0) is 4.79 Å². The first kappa shape index (κ1) is 11.3. The van der Waals surface area contributed by atoms with Crippen molar-refractivity contribution in [1.29, 1.82) is 0 Å². The summed E-state index contributed by atoms with van der Waals surface area (Å²) in [6.45, 7) is 0. The standard InChI is InChI=1S/C12H13NO2/c1-2-10(11(13)8-12(14)15)9-6-4-3-5-7-9/h1,3-7,10-11H,8,13H2,(H,14,15)/t10-,11+/m1/s1.